The molecule has 0 amide bonds. The molecule has 118 valence electrons. The highest BCUT2D eigenvalue weighted by Gasteiger charge is 2.40. The lowest BCUT2D eigenvalue weighted by molar-refractivity contribution is -0.00461. The fourth-order valence-electron chi connectivity index (χ4n) is 3.81. The maximum atomic E-state index is 5.56. The summed E-state index contributed by atoms with van der Waals surface area (Å²) in [6.07, 6.45) is 5.95. The van der Waals surface area contributed by atoms with Crippen LogP contribution in [0.1, 0.15) is 39.5 Å². The highest BCUT2D eigenvalue weighted by molar-refractivity contribution is 4.94. The summed E-state index contributed by atoms with van der Waals surface area (Å²) in [5.41, 5.74) is 0.463. The van der Waals surface area contributed by atoms with Crippen LogP contribution < -0.4 is 5.32 Å². The van der Waals surface area contributed by atoms with Crippen LogP contribution in [0.25, 0.3) is 0 Å². The molecule has 2 aliphatic rings. The Hall–Kier alpha value is -0.160. The van der Waals surface area contributed by atoms with Crippen molar-refractivity contribution in [2.75, 3.05) is 40.4 Å². The van der Waals surface area contributed by atoms with E-state index in [0.29, 0.717) is 11.5 Å². The number of ether oxygens (including phenoxy) is 2. The summed E-state index contributed by atoms with van der Waals surface area (Å²) in [5, 5.41) is 3.66. The molecule has 1 saturated carbocycles. The van der Waals surface area contributed by atoms with Gasteiger partial charge in [0.05, 0.1) is 12.2 Å². The van der Waals surface area contributed by atoms with Gasteiger partial charge in [-0.1, -0.05) is 26.7 Å². The zero-order valence-corrected chi connectivity index (χ0v) is 13.7. The molecule has 2 fully saturated rings. The van der Waals surface area contributed by atoms with E-state index in [1.807, 2.05) is 0 Å². The fraction of sp³-hybridized carbons (Fsp3) is 1.00. The third-order valence-electron chi connectivity index (χ3n) is 5.00. The van der Waals surface area contributed by atoms with Crippen LogP contribution in [0.15, 0.2) is 0 Å². The summed E-state index contributed by atoms with van der Waals surface area (Å²) in [6, 6.07) is 0.574. The zero-order chi connectivity index (χ0) is 14.6. The monoisotopic (exact) mass is 284 g/mol. The number of hydrogen-bond donors (Lipinski definition) is 1. The number of likely N-dealkylation sites (tertiary alicyclic amines) is 1. The smallest absolute Gasteiger partial charge is 0.0971 e. The molecule has 4 nitrogen and oxygen atoms in total. The molecule has 0 spiro atoms. The molecule has 2 atom stereocenters. The van der Waals surface area contributed by atoms with Crippen LogP contribution >= 0.6 is 0 Å². The van der Waals surface area contributed by atoms with Crippen molar-refractivity contribution in [3.63, 3.8) is 0 Å². The van der Waals surface area contributed by atoms with Crippen molar-refractivity contribution in [2.45, 2.75) is 57.8 Å². The summed E-state index contributed by atoms with van der Waals surface area (Å²) in [6.45, 7) is 8.83. The van der Waals surface area contributed by atoms with Crippen molar-refractivity contribution in [1.29, 1.82) is 0 Å². The molecule has 2 rings (SSSR count). The van der Waals surface area contributed by atoms with Crippen molar-refractivity contribution in [2.24, 2.45) is 5.41 Å². The SMILES string of the molecule is COC1CN(CC2(CNC(C)C)CCCC2)CC1OC. The van der Waals surface area contributed by atoms with Gasteiger partial charge in [0.2, 0.25) is 0 Å². The molecule has 0 radical (unpaired) electrons. The lowest BCUT2D eigenvalue weighted by Crippen LogP contribution is -2.44. The Balaban J connectivity index is 1.92. The molecule has 1 aliphatic heterocycles. The summed E-state index contributed by atoms with van der Waals surface area (Å²) < 4.78 is 11.1. The predicted molar refractivity (Wildman–Crippen MR) is 82.1 cm³/mol. The molecule has 0 aromatic heterocycles. The third-order valence-corrected chi connectivity index (χ3v) is 5.00. The van der Waals surface area contributed by atoms with Gasteiger partial charge in [-0.2, -0.15) is 0 Å². The molecule has 4 heteroatoms. The van der Waals surface area contributed by atoms with Gasteiger partial charge in [0.15, 0.2) is 0 Å². The van der Waals surface area contributed by atoms with Gasteiger partial charge in [-0.05, 0) is 18.3 Å². The largest absolute Gasteiger partial charge is 0.377 e. The van der Waals surface area contributed by atoms with Crippen LogP contribution in [0, 0.1) is 5.41 Å². The first-order valence-electron chi connectivity index (χ1n) is 8.10. The normalized spacial score (nSPS) is 30.4. The second-order valence-electron chi connectivity index (χ2n) is 6.99. The minimum Gasteiger partial charge on any atom is -0.377 e. The standard InChI is InChI=1S/C16H32N2O2/c1-13(2)17-11-16(7-5-6-8-16)12-18-9-14(19-3)15(10-18)20-4/h13-15,17H,5-12H2,1-4H3. The number of methoxy groups -OCH3 is 2. The van der Waals surface area contributed by atoms with Gasteiger partial charge in [-0.15, -0.1) is 0 Å². The highest BCUT2D eigenvalue weighted by Crippen LogP contribution is 2.39. The number of nitrogens with zero attached hydrogens (tertiary/aromatic N) is 1. The van der Waals surface area contributed by atoms with E-state index in [0.717, 1.165) is 19.6 Å². The topological polar surface area (TPSA) is 33.7 Å². The summed E-state index contributed by atoms with van der Waals surface area (Å²) in [7, 11) is 3.59. The molecule has 20 heavy (non-hydrogen) atoms. The van der Waals surface area contributed by atoms with Gasteiger partial charge in [0.25, 0.3) is 0 Å². The zero-order valence-electron chi connectivity index (χ0n) is 13.7. The maximum absolute atomic E-state index is 5.56. The van der Waals surface area contributed by atoms with Crippen LogP contribution in [0.2, 0.25) is 0 Å². The maximum Gasteiger partial charge on any atom is 0.0971 e. The van der Waals surface area contributed by atoms with E-state index in [2.05, 4.69) is 24.1 Å². The molecular formula is C16H32N2O2. The van der Waals surface area contributed by atoms with Crippen molar-refractivity contribution < 1.29 is 9.47 Å². The summed E-state index contributed by atoms with van der Waals surface area (Å²) in [5.74, 6) is 0. The molecule has 0 aromatic carbocycles. The number of nitrogens with one attached hydrogen (secondary N) is 1. The molecule has 0 aromatic rings. The van der Waals surface area contributed by atoms with Gasteiger partial charge in [-0.3, -0.25) is 4.90 Å². The highest BCUT2D eigenvalue weighted by atomic mass is 16.5. The Labute approximate surface area is 124 Å². The van der Waals surface area contributed by atoms with E-state index in [1.54, 1.807) is 14.2 Å². The van der Waals surface area contributed by atoms with E-state index in [4.69, 9.17) is 9.47 Å². The Morgan fingerprint density at radius 1 is 1.10 bits per heavy atom. The lowest BCUT2D eigenvalue weighted by Gasteiger charge is -2.34. The Morgan fingerprint density at radius 2 is 1.65 bits per heavy atom. The van der Waals surface area contributed by atoms with Crippen LogP contribution in [-0.2, 0) is 9.47 Å². The number of rotatable bonds is 7. The quantitative estimate of drug-likeness (QED) is 0.774. The second kappa shape index (κ2) is 7.21. The van der Waals surface area contributed by atoms with Crippen LogP contribution in [-0.4, -0.2) is 63.5 Å². The average molecular weight is 284 g/mol. The van der Waals surface area contributed by atoms with E-state index in [1.165, 1.54) is 32.2 Å². The van der Waals surface area contributed by atoms with Crippen molar-refractivity contribution in [1.82, 2.24) is 10.2 Å². The van der Waals surface area contributed by atoms with Gasteiger partial charge in [-0.25, -0.2) is 0 Å². The van der Waals surface area contributed by atoms with Crippen LogP contribution in [0.3, 0.4) is 0 Å². The van der Waals surface area contributed by atoms with Crippen LogP contribution in [0.5, 0.6) is 0 Å². The minimum absolute atomic E-state index is 0.233. The molecule has 1 aliphatic carbocycles. The van der Waals surface area contributed by atoms with E-state index in [9.17, 15) is 0 Å². The minimum atomic E-state index is 0.233. The van der Waals surface area contributed by atoms with E-state index >= 15 is 0 Å². The van der Waals surface area contributed by atoms with Gasteiger partial charge in [0.1, 0.15) is 0 Å². The third kappa shape index (κ3) is 3.94. The summed E-state index contributed by atoms with van der Waals surface area (Å²) >= 11 is 0. The first-order valence-corrected chi connectivity index (χ1v) is 8.10. The molecule has 0 bridgehead atoms. The Kier molecular flexibility index (Phi) is 5.84. The average Bonchev–Trinajstić information content (AvgIpc) is 3.04. The van der Waals surface area contributed by atoms with Crippen molar-refractivity contribution in [3.8, 4) is 0 Å². The predicted octanol–water partition coefficient (Wildman–Crippen LogP) is 1.89. The van der Waals surface area contributed by atoms with Gasteiger partial charge >= 0.3 is 0 Å². The van der Waals surface area contributed by atoms with Crippen molar-refractivity contribution in [3.05, 3.63) is 0 Å². The van der Waals surface area contributed by atoms with Gasteiger partial charge in [0, 0.05) is 46.4 Å². The van der Waals surface area contributed by atoms with Gasteiger partial charge < -0.3 is 14.8 Å². The fourth-order valence-corrected chi connectivity index (χ4v) is 3.81. The molecule has 1 heterocycles. The van der Waals surface area contributed by atoms with E-state index < -0.39 is 0 Å². The first-order chi connectivity index (χ1) is 9.58. The Bertz CT molecular complexity index is 278. The Morgan fingerprint density at radius 3 is 2.10 bits per heavy atom. The second-order valence-corrected chi connectivity index (χ2v) is 6.99. The van der Waals surface area contributed by atoms with Crippen LogP contribution in [0.4, 0.5) is 0 Å². The molecular weight excluding hydrogens is 252 g/mol. The molecule has 1 saturated heterocycles. The first kappa shape index (κ1) is 16.2. The molecule has 2 unspecified atom stereocenters. The summed E-state index contributed by atoms with van der Waals surface area (Å²) in [4.78, 5) is 2.55. The van der Waals surface area contributed by atoms with Crippen molar-refractivity contribution >= 4 is 0 Å². The number of hydrogen-bond acceptors (Lipinski definition) is 4. The van der Waals surface area contributed by atoms with E-state index in [-0.39, 0.29) is 12.2 Å². The molecule has 1 N–H and O–H groups in total. The lowest BCUT2D eigenvalue weighted by atomic mass is 9.85.